The third kappa shape index (κ3) is 4.86. The molecule has 0 aliphatic carbocycles. The van der Waals surface area contributed by atoms with Gasteiger partial charge in [-0.1, -0.05) is 18.2 Å². The number of hydrogen-bond acceptors (Lipinski definition) is 4. The molecule has 1 N–H and O–H groups in total. The molecule has 1 heterocycles. The standard InChI is InChI=1S/C21H20FN3O3/c22-19-7-6-17(12-16(19)13-23)24-21(27)15-8-10-25(11-9-15)20(26)14-28-18-4-2-1-3-5-18/h1-7,12,15H,8-11,14H2,(H,24,27). The Hall–Kier alpha value is -3.40. The van der Waals surface area contributed by atoms with Crippen molar-refractivity contribution in [3.05, 3.63) is 59.9 Å². The molecule has 0 radical (unpaired) electrons. The maximum atomic E-state index is 13.4. The largest absolute Gasteiger partial charge is 0.484 e. The fourth-order valence-electron chi connectivity index (χ4n) is 3.08. The van der Waals surface area contributed by atoms with E-state index in [1.54, 1.807) is 23.1 Å². The van der Waals surface area contributed by atoms with E-state index >= 15 is 0 Å². The molecule has 0 spiro atoms. The summed E-state index contributed by atoms with van der Waals surface area (Å²) in [5.41, 5.74) is 0.273. The fourth-order valence-corrected chi connectivity index (χ4v) is 3.08. The van der Waals surface area contributed by atoms with Crippen LogP contribution in [-0.2, 0) is 9.59 Å². The van der Waals surface area contributed by atoms with Crippen molar-refractivity contribution in [1.82, 2.24) is 4.90 Å². The number of likely N-dealkylation sites (tertiary alicyclic amines) is 1. The summed E-state index contributed by atoms with van der Waals surface area (Å²) < 4.78 is 18.8. The summed E-state index contributed by atoms with van der Waals surface area (Å²) in [6.45, 7) is 0.914. The molecule has 1 aliphatic rings. The van der Waals surface area contributed by atoms with E-state index in [-0.39, 0.29) is 29.9 Å². The molecule has 0 unspecified atom stereocenters. The van der Waals surface area contributed by atoms with Gasteiger partial charge in [-0.25, -0.2) is 4.39 Å². The van der Waals surface area contributed by atoms with Crippen molar-refractivity contribution in [3.63, 3.8) is 0 Å². The van der Waals surface area contributed by atoms with Gasteiger partial charge in [-0.3, -0.25) is 9.59 Å². The minimum atomic E-state index is -0.620. The first kappa shape index (κ1) is 19.4. The van der Waals surface area contributed by atoms with Crippen LogP contribution in [0.25, 0.3) is 0 Å². The fraction of sp³-hybridized carbons (Fsp3) is 0.286. The minimum absolute atomic E-state index is 0.0343. The molecular weight excluding hydrogens is 361 g/mol. The lowest BCUT2D eigenvalue weighted by atomic mass is 9.95. The molecule has 1 saturated heterocycles. The molecular formula is C21H20FN3O3. The first-order chi connectivity index (χ1) is 13.6. The monoisotopic (exact) mass is 381 g/mol. The zero-order valence-electron chi connectivity index (χ0n) is 15.2. The Morgan fingerprint density at radius 2 is 1.89 bits per heavy atom. The Morgan fingerprint density at radius 3 is 2.57 bits per heavy atom. The van der Waals surface area contributed by atoms with Gasteiger partial charge >= 0.3 is 0 Å². The number of ether oxygens (including phenoxy) is 1. The zero-order valence-corrected chi connectivity index (χ0v) is 15.2. The molecule has 6 nitrogen and oxygen atoms in total. The van der Waals surface area contributed by atoms with E-state index in [4.69, 9.17) is 10.00 Å². The number of piperidine rings is 1. The lowest BCUT2D eigenvalue weighted by Gasteiger charge is -2.31. The number of nitriles is 1. The van der Waals surface area contributed by atoms with Gasteiger partial charge in [0.2, 0.25) is 5.91 Å². The molecule has 1 aliphatic heterocycles. The van der Waals surface area contributed by atoms with Gasteiger partial charge in [0.25, 0.3) is 5.91 Å². The van der Waals surface area contributed by atoms with Crippen molar-refractivity contribution >= 4 is 17.5 Å². The van der Waals surface area contributed by atoms with Crippen molar-refractivity contribution in [1.29, 1.82) is 5.26 Å². The minimum Gasteiger partial charge on any atom is -0.484 e. The normalized spacial score (nSPS) is 14.2. The molecule has 2 aromatic rings. The maximum Gasteiger partial charge on any atom is 0.260 e. The van der Waals surface area contributed by atoms with E-state index in [2.05, 4.69) is 5.32 Å². The van der Waals surface area contributed by atoms with E-state index in [9.17, 15) is 14.0 Å². The smallest absolute Gasteiger partial charge is 0.260 e. The molecule has 0 saturated carbocycles. The van der Waals surface area contributed by atoms with Crippen LogP contribution >= 0.6 is 0 Å². The third-order valence-electron chi connectivity index (χ3n) is 4.68. The van der Waals surface area contributed by atoms with E-state index in [1.807, 2.05) is 18.2 Å². The second kappa shape index (κ2) is 9.00. The molecule has 0 bridgehead atoms. The van der Waals surface area contributed by atoms with Gasteiger partial charge in [-0.2, -0.15) is 5.26 Å². The SMILES string of the molecule is N#Cc1cc(NC(=O)C2CCN(C(=O)COc3ccccc3)CC2)ccc1F. The quantitative estimate of drug-likeness (QED) is 0.863. The van der Waals surface area contributed by atoms with E-state index in [0.29, 0.717) is 37.4 Å². The summed E-state index contributed by atoms with van der Waals surface area (Å²) in [6, 6.07) is 14.8. The summed E-state index contributed by atoms with van der Waals surface area (Å²) in [5, 5.41) is 11.6. The number of hydrogen-bond donors (Lipinski definition) is 1. The van der Waals surface area contributed by atoms with Crippen LogP contribution in [0.4, 0.5) is 10.1 Å². The van der Waals surface area contributed by atoms with Crippen molar-refractivity contribution in [2.75, 3.05) is 25.0 Å². The molecule has 3 rings (SSSR count). The lowest BCUT2D eigenvalue weighted by molar-refractivity contribution is -0.136. The first-order valence-electron chi connectivity index (χ1n) is 9.03. The van der Waals surface area contributed by atoms with Crippen molar-refractivity contribution in [2.45, 2.75) is 12.8 Å². The highest BCUT2D eigenvalue weighted by Crippen LogP contribution is 2.21. The molecule has 0 atom stereocenters. The van der Waals surface area contributed by atoms with Crippen molar-refractivity contribution < 1.29 is 18.7 Å². The van der Waals surface area contributed by atoms with Crippen LogP contribution in [-0.4, -0.2) is 36.4 Å². The van der Waals surface area contributed by atoms with Crippen molar-refractivity contribution in [3.8, 4) is 11.8 Å². The van der Waals surface area contributed by atoms with E-state index in [0.717, 1.165) is 6.07 Å². The topological polar surface area (TPSA) is 82.4 Å². The number of carbonyl (C=O) groups is 2. The molecule has 1 fully saturated rings. The van der Waals surface area contributed by atoms with Crippen LogP contribution in [0, 0.1) is 23.1 Å². The van der Waals surface area contributed by atoms with Crippen LogP contribution in [0.1, 0.15) is 18.4 Å². The van der Waals surface area contributed by atoms with E-state index in [1.165, 1.54) is 12.1 Å². The average Bonchev–Trinajstić information content (AvgIpc) is 2.74. The summed E-state index contributed by atoms with van der Waals surface area (Å²) >= 11 is 0. The highest BCUT2D eigenvalue weighted by atomic mass is 19.1. The number of benzene rings is 2. The first-order valence-corrected chi connectivity index (χ1v) is 9.03. The van der Waals surface area contributed by atoms with Gasteiger partial charge in [0.05, 0.1) is 5.56 Å². The number of halogens is 1. The van der Waals surface area contributed by atoms with Crippen LogP contribution in [0.15, 0.2) is 48.5 Å². The Kier molecular flexibility index (Phi) is 6.22. The molecule has 7 heteroatoms. The molecule has 144 valence electrons. The van der Waals surface area contributed by atoms with Gasteiger partial charge < -0.3 is 15.0 Å². The van der Waals surface area contributed by atoms with Crippen LogP contribution in [0.2, 0.25) is 0 Å². The third-order valence-corrected chi connectivity index (χ3v) is 4.68. The maximum absolute atomic E-state index is 13.4. The van der Waals surface area contributed by atoms with Crippen LogP contribution in [0.3, 0.4) is 0 Å². The Bertz CT molecular complexity index is 888. The van der Waals surface area contributed by atoms with E-state index < -0.39 is 5.82 Å². The van der Waals surface area contributed by atoms with Crippen LogP contribution in [0.5, 0.6) is 5.75 Å². The van der Waals surface area contributed by atoms with Gasteiger partial charge in [-0.15, -0.1) is 0 Å². The predicted octanol–water partition coefficient (Wildman–Crippen LogP) is 2.95. The second-order valence-corrected chi connectivity index (χ2v) is 6.55. The summed E-state index contributed by atoms with van der Waals surface area (Å²) in [6.07, 6.45) is 1.07. The molecule has 2 amide bonds. The molecule has 0 aromatic heterocycles. The number of para-hydroxylation sites is 1. The zero-order chi connectivity index (χ0) is 19.9. The summed E-state index contributed by atoms with van der Waals surface area (Å²) in [5.74, 6) is -0.524. The number of nitrogens with one attached hydrogen (secondary N) is 1. The Balaban J connectivity index is 1.47. The lowest BCUT2D eigenvalue weighted by Crippen LogP contribution is -2.43. The predicted molar refractivity (Wildman–Crippen MR) is 101 cm³/mol. The number of nitrogens with zero attached hydrogens (tertiary/aromatic N) is 2. The van der Waals surface area contributed by atoms with Gasteiger partial charge in [-0.05, 0) is 43.2 Å². The summed E-state index contributed by atoms with van der Waals surface area (Å²) in [4.78, 5) is 26.4. The average molecular weight is 381 g/mol. The Morgan fingerprint density at radius 1 is 1.18 bits per heavy atom. The van der Waals surface area contributed by atoms with Crippen molar-refractivity contribution in [2.24, 2.45) is 5.92 Å². The summed E-state index contributed by atoms with van der Waals surface area (Å²) in [7, 11) is 0. The van der Waals surface area contributed by atoms with Gasteiger partial charge in [0.15, 0.2) is 6.61 Å². The number of rotatable bonds is 5. The van der Waals surface area contributed by atoms with Crippen LogP contribution < -0.4 is 10.1 Å². The highest BCUT2D eigenvalue weighted by Gasteiger charge is 2.27. The molecule has 2 aromatic carbocycles. The number of carbonyl (C=O) groups excluding carboxylic acids is 2. The highest BCUT2D eigenvalue weighted by molar-refractivity contribution is 5.93. The second-order valence-electron chi connectivity index (χ2n) is 6.55. The number of anilines is 1. The molecule has 28 heavy (non-hydrogen) atoms. The van der Waals surface area contributed by atoms with Gasteiger partial charge in [0, 0.05) is 24.7 Å². The van der Waals surface area contributed by atoms with Gasteiger partial charge in [0.1, 0.15) is 17.6 Å². The number of amides is 2. The Labute approximate surface area is 162 Å².